The number of carbonyl (C=O) groups excluding carboxylic acids is 2. The second-order valence-corrected chi connectivity index (χ2v) is 13.3. The van der Waals surface area contributed by atoms with Gasteiger partial charge in [0.15, 0.2) is 11.8 Å². The Morgan fingerprint density at radius 2 is 1.75 bits per heavy atom. The van der Waals surface area contributed by atoms with Crippen LogP contribution in [-0.2, 0) is 33.6 Å². The Hall–Kier alpha value is -6.06. The molecular formula is C38H44N10O5. The van der Waals surface area contributed by atoms with Crippen LogP contribution in [-0.4, -0.2) is 79.4 Å². The predicted molar refractivity (Wildman–Crippen MR) is 196 cm³/mol. The van der Waals surface area contributed by atoms with Gasteiger partial charge in [0.05, 0.1) is 12.4 Å². The number of H-pyrrole nitrogens is 1. The third-order valence-corrected chi connectivity index (χ3v) is 9.39. The fraction of sp³-hybridized carbons (Fsp3) is 0.316. The lowest BCUT2D eigenvalue weighted by Gasteiger charge is -2.35. The molecular weight excluding hydrogens is 676 g/mol. The van der Waals surface area contributed by atoms with Gasteiger partial charge in [-0.2, -0.15) is 4.98 Å². The summed E-state index contributed by atoms with van der Waals surface area (Å²) in [6, 6.07) is 18.5. The second-order valence-electron chi connectivity index (χ2n) is 13.3. The maximum absolute atomic E-state index is 14.2. The van der Waals surface area contributed by atoms with Crippen molar-refractivity contribution in [3.05, 3.63) is 119 Å². The van der Waals surface area contributed by atoms with E-state index in [9.17, 15) is 14.7 Å². The minimum Gasteiger partial charge on any atom is -0.508 e. The van der Waals surface area contributed by atoms with Crippen LogP contribution in [0.4, 0.5) is 0 Å². The summed E-state index contributed by atoms with van der Waals surface area (Å²) in [5.74, 6) is -0.488. The van der Waals surface area contributed by atoms with Crippen LogP contribution in [0.3, 0.4) is 0 Å². The van der Waals surface area contributed by atoms with E-state index in [0.29, 0.717) is 30.9 Å². The number of nitrogens with two attached hydrogens (primary N) is 2. The van der Waals surface area contributed by atoms with E-state index >= 15 is 0 Å². The average molecular weight is 721 g/mol. The van der Waals surface area contributed by atoms with Crippen LogP contribution in [0.15, 0.2) is 83.8 Å². The molecule has 276 valence electrons. The number of aromatic amines is 1. The smallest absolute Gasteiger partial charge is 0.249 e. The third-order valence-electron chi connectivity index (χ3n) is 9.39. The van der Waals surface area contributed by atoms with Gasteiger partial charge in [-0.25, -0.2) is 4.98 Å². The summed E-state index contributed by atoms with van der Waals surface area (Å²) in [7, 11) is 0. The largest absolute Gasteiger partial charge is 0.508 e. The van der Waals surface area contributed by atoms with Crippen molar-refractivity contribution < 1.29 is 24.0 Å². The van der Waals surface area contributed by atoms with Crippen molar-refractivity contribution in [2.24, 2.45) is 11.5 Å². The molecule has 5 aromatic rings. The van der Waals surface area contributed by atoms with Gasteiger partial charge >= 0.3 is 0 Å². The zero-order valence-electron chi connectivity index (χ0n) is 29.6. The molecule has 4 atom stereocenters. The van der Waals surface area contributed by atoms with E-state index in [1.54, 1.807) is 18.3 Å². The average Bonchev–Trinajstić information content (AvgIpc) is 3.85. The summed E-state index contributed by atoms with van der Waals surface area (Å²) < 4.78 is 11.5. The number of nitrogens with one attached hydrogen (secondary N) is 4. The van der Waals surface area contributed by atoms with E-state index in [-0.39, 0.29) is 37.2 Å². The number of aromatic nitrogens is 4. The summed E-state index contributed by atoms with van der Waals surface area (Å²) in [5, 5.41) is 27.9. The van der Waals surface area contributed by atoms with Crippen LogP contribution in [0, 0.1) is 19.3 Å². The number of guanidine groups is 1. The highest BCUT2D eigenvalue weighted by Crippen LogP contribution is 2.24. The van der Waals surface area contributed by atoms with Gasteiger partial charge in [0, 0.05) is 37.7 Å². The highest BCUT2D eigenvalue weighted by molar-refractivity contribution is 5.90. The molecule has 0 radical (unpaired) electrons. The monoisotopic (exact) mass is 720 g/mol. The van der Waals surface area contributed by atoms with Crippen LogP contribution < -0.4 is 22.1 Å². The number of carbonyl (C=O) groups is 2. The number of amides is 2. The fourth-order valence-electron chi connectivity index (χ4n) is 6.43. The number of benzene rings is 3. The fourth-order valence-corrected chi connectivity index (χ4v) is 6.43. The van der Waals surface area contributed by atoms with E-state index in [2.05, 4.69) is 42.9 Å². The molecule has 1 saturated heterocycles. The van der Waals surface area contributed by atoms with Crippen molar-refractivity contribution in [1.29, 1.82) is 5.41 Å². The van der Waals surface area contributed by atoms with E-state index in [1.807, 2.05) is 56.3 Å². The Morgan fingerprint density at radius 3 is 2.40 bits per heavy atom. The van der Waals surface area contributed by atoms with Crippen LogP contribution >= 0.6 is 0 Å². The molecule has 15 heteroatoms. The highest BCUT2D eigenvalue weighted by atomic mass is 16.5. The Labute approximate surface area is 306 Å². The molecule has 0 spiro atoms. The van der Waals surface area contributed by atoms with Gasteiger partial charge in [0.1, 0.15) is 30.6 Å². The number of imidazole rings is 1. The topological polar surface area (TPSA) is 234 Å². The highest BCUT2D eigenvalue weighted by Gasteiger charge is 2.34. The molecule has 0 aliphatic carbocycles. The normalized spacial score (nSPS) is 16.1. The van der Waals surface area contributed by atoms with Crippen molar-refractivity contribution in [3.8, 4) is 16.9 Å². The van der Waals surface area contributed by atoms with Gasteiger partial charge < -0.3 is 46.4 Å². The lowest BCUT2D eigenvalue weighted by molar-refractivity contribution is -0.134. The first-order valence-corrected chi connectivity index (χ1v) is 17.3. The summed E-state index contributed by atoms with van der Waals surface area (Å²) in [6.07, 6.45) is 3.66. The molecule has 53 heavy (non-hydrogen) atoms. The summed E-state index contributed by atoms with van der Waals surface area (Å²) >= 11 is 0. The molecule has 2 aromatic heterocycles. The Kier molecular flexibility index (Phi) is 11.4. The van der Waals surface area contributed by atoms with Crippen LogP contribution in [0.25, 0.3) is 11.1 Å². The van der Waals surface area contributed by atoms with Gasteiger partial charge in [-0.1, -0.05) is 59.8 Å². The molecule has 1 aliphatic rings. The van der Waals surface area contributed by atoms with Gasteiger partial charge in [0.2, 0.25) is 17.7 Å². The first kappa shape index (κ1) is 36.7. The van der Waals surface area contributed by atoms with Gasteiger partial charge in [-0.3, -0.25) is 15.0 Å². The Morgan fingerprint density at radius 1 is 1.04 bits per heavy atom. The molecule has 0 saturated carbocycles. The number of hydrogen-bond acceptors (Lipinski definition) is 10. The number of phenols is 1. The molecule has 15 nitrogen and oxygen atoms in total. The van der Waals surface area contributed by atoms with Crippen LogP contribution in [0.5, 0.6) is 5.75 Å². The molecule has 3 aromatic carbocycles. The molecule has 6 rings (SSSR count). The van der Waals surface area contributed by atoms with E-state index in [1.165, 1.54) is 11.2 Å². The molecule has 1 fully saturated rings. The van der Waals surface area contributed by atoms with Crippen molar-refractivity contribution in [1.82, 2.24) is 35.6 Å². The first-order chi connectivity index (χ1) is 25.5. The maximum Gasteiger partial charge on any atom is 0.249 e. The number of nitrogens with zero attached hydrogens (tertiary/aromatic N) is 4. The lowest BCUT2D eigenvalue weighted by Crippen LogP contribution is -2.58. The predicted octanol–water partition coefficient (Wildman–Crippen LogP) is 2.77. The number of phenolic OH excluding ortho intramolecular Hbond substituents is 1. The number of rotatable bonds is 13. The number of aryl methyl sites for hydroxylation is 2. The van der Waals surface area contributed by atoms with Gasteiger partial charge in [0.25, 0.3) is 0 Å². The quantitative estimate of drug-likeness (QED) is 0.0690. The van der Waals surface area contributed by atoms with Crippen molar-refractivity contribution in [2.75, 3.05) is 13.3 Å². The molecule has 2 amide bonds. The standard InChI is InChI=1S/C38H44N10O5/c1-22-14-28(49)15-23(2)29(22)18-30(44-36(51)34(39)32-12-13-48(21-52-32)38(40)41)35(50)45-31(17-27-19-42-20-43-27)37-46-33(47-53-37)16-24-8-10-26(11-9-24)25-6-4-3-5-7-25/h3-11,14-15,19-20,30-32,34,49H,12-13,16-18,21,39H2,1-2H3,(H3,40,41)(H,42,43)(H,44,51)(H,45,50)/t30-,31-,32?,34+/m0/s1. The Bertz CT molecular complexity index is 1990. The minimum absolute atomic E-state index is 0.0250. The maximum atomic E-state index is 14.2. The first-order valence-electron chi connectivity index (χ1n) is 17.3. The zero-order valence-corrected chi connectivity index (χ0v) is 29.6. The molecule has 0 bridgehead atoms. The number of hydrogen-bond donors (Lipinski definition) is 7. The molecule has 9 N–H and O–H groups in total. The minimum atomic E-state index is -1.09. The van der Waals surface area contributed by atoms with E-state index < -0.39 is 36.0 Å². The van der Waals surface area contributed by atoms with Crippen LogP contribution in [0.1, 0.15) is 52.1 Å². The molecule has 3 heterocycles. The summed E-state index contributed by atoms with van der Waals surface area (Å²) in [5.41, 5.74) is 18.2. The van der Waals surface area contributed by atoms with Gasteiger partial charge in [-0.15, -0.1) is 0 Å². The zero-order chi connectivity index (χ0) is 37.5. The van der Waals surface area contributed by atoms with Crippen molar-refractivity contribution in [2.45, 2.75) is 63.8 Å². The number of aromatic hydroxyl groups is 1. The lowest BCUT2D eigenvalue weighted by atomic mass is 9.95. The Balaban J connectivity index is 1.21. The third kappa shape index (κ3) is 9.25. The second kappa shape index (κ2) is 16.5. The molecule has 1 aliphatic heterocycles. The van der Waals surface area contributed by atoms with E-state index in [0.717, 1.165) is 33.4 Å². The van der Waals surface area contributed by atoms with Gasteiger partial charge in [-0.05, 0) is 65.8 Å². The molecule has 1 unspecified atom stereocenters. The van der Waals surface area contributed by atoms with Crippen molar-refractivity contribution >= 4 is 17.8 Å². The number of ether oxygens (including phenoxy) is 1. The van der Waals surface area contributed by atoms with Crippen molar-refractivity contribution in [3.63, 3.8) is 0 Å². The van der Waals surface area contributed by atoms with Crippen LogP contribution in [0.2, 0.25) is 0 Å². The summed E-state index contributed by atoms with van der Waals surface area (Å²) in [6.45, 7) is 4.09. The summed E-state index contributed by atoms with van der Waals surface area (Å²) in [4.78, 5) is 41.2. The van der Waals surface area contributed by atoms with E-state index in [4.69, 9.17) is 26.1 Å². The SMILES string of the molecule is Cc1cc(O)cc(C)c1C[C@H](NC(=O)[C@H](N)C1CCN(C(=N)N)CO1)C(=O)N[C@@H](Cc1cnc[nH]1)c1nc(Cc2ccc(-c3ccccc3)cc2)no1.